The van der Waals surface area contributed by atoms with Gasteiger partial charge in [0.2, 0.25) is 0 Å². The fraction of sp³-hybridized carbons (Fsp3) is 0.600. The monoisotopic (exact) mass is 413 g/mol. The fourth-order valence-electron chi connectivity index (χ4n) is 1.40. The van der Waals surface area contributed by atoms with E-state index in [0.717, 1.165) is 17.4 Å². The molecule has 0 unspecified atom stereocenters. The van der Waals surface area contributed by atoms with Gasteiger partial charge < -0.3 is 0 Å². The molecular weight excluding hydrogens is 403 g/mol. The molecular formula is C10H12BrClF3NO2S2. The van der Waals surface area contributed by atoms with Crippen molar-refractivity contribution >= 4 is 48.9 Å². The Hall–Kier alpha value is 0.170. The molecule has 0 amide bonds. The van der Waals surface area contributed by atoms with E-state index < -0.39 is 22.7 Å². The van der Waals surface area contributed by atoms with Crippen molar-refractivity contribution in [3.8, 4) is 0 Å². The van der Waals surface area contributed by atoms with Crippen molar-refractivity contribution in [1.29, 1.82) is 0 Å². The van der Waals surface area contributed by atoms with E-state index in [-0.39, 0.29) is 15.8 Å². The maximum absolute atomic E-state index is 12.5. The second-order valence-electron chi connectivity index (χ2n) is 3.99. The number of rotatable bonds is 6. The number of hydrogen-bond acceptors (Lipinski definition) is 3. The summed E-state index contributed by atoms with van der Waals surface area (Å²) in [7, 11) is -4.19. The van der Waals surface area contributed by atoms with E-state index in [2.05, 4.69) is 15.9 Å². The summed E-state index contributed by atoms with van der Waals surface area (Å²) in [5.41, 5.74) is 0. The average Bonchev–Trinajstić information content (AvgIpc) is 2.64. The fourth-order valence-corrected chi connectivity index (χ4v) is 5.42. The summed E-state index contributed by atoms with van der Waals surface area (Å²) in [4.78, 5) is 0. The Labute approximate surface area is 132 Å². The highest BCUT2D eigenvalue weighted by Gasteiger charge is 2.37. The summed E-state index contributed by atoms with van der Waals surface area (Å²) >= 11 is 9.59. The van der Waals surface area contributed by atoms with Crippen LogP contribution in [0.25, 0.3) is 0 Å². The first kappa shape index (κ1) is 18.2. The van der Waals surface area contributed by atoms with Crippen molar-refractivity contribution < 1.29 is 21.6 Å². The zero-order valence-corrected chi connectivity index (χ0v) is 14.4. The third-order valence-corrected chi connectivity index (χ3v) is 7.10. The number of hydrogen-bond donors (Lipinski definition) is 0. The molecule has 1 heterocycles. The van der Waals surface area contributed by atoms with Crippen molar-refractivity contribution in [2.24, 2.45) is 0 Å². The lowest BCUT2D eigenvalue weighted by Crippen LogP contribution is -2.39. The summed E-state index contributed by atoms with van der Waals surface area (Å²) in [6.45, 7) is 0.102. The number of sulfonamides is 1. The lowest BCUT2D eigenvalue weighted by Gasteiger charge is -2.22. The number of alkyl halides is 3. The van der Waals surface area contributed by atoms with Crippen LogP contribution in [-0.4, -0.2) is 32.0 Å². The Morgan fingerprint density at radius 2 is 2.05 bits per heavy atom. The molecule has 20 heavy (non-hydrogen) atoms. The Morgan fingerprint density at radius 3 is 2.45 bits per heavy atom. The van der Waals surface area contributed by atoms with E-state index in [1.54, 1.807) is 6.92 Å². The molecule has 10 heteroatoms. The van der Waals surface area contributed by atoms with Crippen LogP contribution < -0.4 is 0 Å². The molecule has 0 spiro atoms. The molecule has 116 valence electrons. The van der Waals surface area contributed by atoms with Crippen LogP contribution in [-0.2, 0) is 10.0 Å². The van der Waals surface area contributed by atoms with Crippen molar-refractivity contribution in [3.05, 3.63) is 14.9 Å². The van der Waals surface area contributed by atoms with Gasteiger partial charge in [-0.05, 0) is 28.4 Å². The third-order valence-electron chi connectivity index (χ3n) is 2.33. The van der Waals surface area contributed by atoms with E-state index in [4.69, 9.17) is 11.6 Å². The summed E-state index contributed by atoms with van der Waals surface area (Å²) in [5, 5.41) is 0.163. The van der Waals surface area contributed by atoms with Gasteiger partial charge in [0.25, 0.3) is 10.0 Å². The van der Waals surface area contributed by atoms with Gasteiger partial charge in [-0.15, -0.1) is 11.3 Å². The summed E-state index contributed by atoms with van der Waals surface area (Å²) in [5.74, 6) is 0. The molecule has 0 aromatic carbocycles. The van der Waals surface area contributed by atoms with E-state index in [1.165, 1.54) is 0 Å². The SMILES string of the molecule is CCCCN(CC(F)(F)F)S(=O)(=O)c1cc(Cl)c(Br)s1. The minimum atomic E-state index is -4.58. The summed E-state index contributed by atoms with van der Waals surface area (Å²) in [6, 6.07) is 1.15. The Morgan fingerprint density at radius 1 is 1.45 bits per heavy atom. The van der Waals surface area contributed by atoms with E-state index >= 15 is 0 Å². The van der Waals surface area contributed by atoms with Gasteiger partial charge in [0.15, 0.2) is 0 Å². The van der Waals surface area contributed by atoms with Crippen molar-refractivity contribution in [2.45, 2.75) is 30.2 Å². The summed E-state index contributed by atoms with van der Waals surface area (Å²) < 4.78 is 62.7. The Balaban J connectivity index is 3.09. The third kappa shape index (κ3) is 4.87. The first-order chi connectivity index (χ1) is 9.08. The zero-order valence-electron chi connectivity index (χ0n) is 10.4. The number of halogens is 5. The van der Waals surface area contributed by atoms with Crippen LogP contribution >= 0.6 is 38.9 Å². The van der Waals surface area contributed by atoms with Gasteiger partial charge in [0, 0.05) is 6.54 Å². The lowest BCUT2D eigenvalue weighted by atomic mass is 10.3. The molecule has 1 aromatic rings. The molecule has 0 aliphatic rings. The quantitative estimate of drug-likeness (QED) is 0.686. The molecule has 1 aromatic heterocycles. The molecule has 0 saturated heterocycles. The smallest absolute Gasteiger partial charge is 0.206 e. The van der Waals surface area contributed by atoms with Crippen LogP contribution in [0.5, 0.6) is 0 Å². The molecule has 0 aliphatic heterocycles. The van der Waals surface area contributed by atoms with Gasteiger partial charge in [-0.2, -0.15) is 17.5 Å². The first-order valence-corrected chi connectivity index (χ1v) is 9.02. The molecule has 3 nitrogen and oxygen atoms in total. The van der Waals surface area contributed by atoms with E-state index in [0.29, 0.717) is 20.9 Å². The Bertz CT molecular complexity index is 540. The zero-order chi connectivity index (χ0) is 15.6. The maximum atomic E-state index is 12.5. The minimum Gasteiger partial charge on any atom is -0.206 e. The molecule has 0 radical (unpaired) electrons. The molecule has 1 rings (SSSR count). The Kier molecular flexibility index (Phi) is 6.33. The maximum Gasteiger partial charge on any atom is 0.402 e. The highest BCUT2D eigenvalue weighted by atomic mass is 79.9. The van der Waals surface area contributed by atoms with Gasteiger partial charge in [0.1, 0.15) is 10.8 Å². The van der Waals surface area contributed by atoms with Crippen LogP contribution in [0.15, 0.2) is 14.1 Å². The topological polar surface area (TPSA) is 37.4 Å². The van der Waals surface area contributed by atoms with Gasteiger partial charge >= 0.3 is 6.18 Å². The van der Waals surface area contributed by atoms with E-state index in [9.17, 15) is 21.6 Å². The molecule has 0 atom stereocenters. The van der Waals surface area contributed by atoms with Crippen LogP contribution in [0.3, 0.4) is 0 Å². The first-order valence-electron chi connectivity index (χ1n) is 5.59. The number of thiophene rings is 1. The summed E-state index contributed by atoms with van der Waals surface area (Å²) in [6.07, 6.45) is -3.63. The highest BCUT2D eigenvalue weighted by molar-refractivity contribution is 9.11. The number of unbranched alkanes of at least 4 members (excludes halogenated alkanes) is 1. The molecule has 0 fully saturated rings. The average molecular weight is 415 g/mol. The predicted octanol–water partition coefficient (Wildman–Crippen LogP) is 4.52. The molecule has 0 bridgehead atoms. The van der Waals surface area contributed by atoms with Gasteiger partial charge in [-0.3, -0.25) is 0 Å². The van der Waals surface area contributed by atoms with Crippen molar-refractivity contribution in [3.63, 3.8) is 0 Å². The standard InChI is InChI=1S/C10H12BrClF3NO2S2/c1-2-3-4-16(6-10(13,14)15)20(17,18)8-5-7(12)9(11)19-8/h5H,2-4,6H2,1H3. The van der Waals surface area contributed by atoms with Crippen molar-refractivity contribution in [1.82, 2.24) is 4.31 Å². The van der Waals surface area contributed by atoms with Crippen LogP contribution in [0, 0.1) is 0 Å². The second-order valence-corrected chi connectivity index (χ2v) is 8.94. The molecule has 0 N–H and O–H groups in total. The molecule has 0 aliphatic carbocycles. The minimum absolute atomic E-state index is 0.163. The normalized spacial score (nSPS) is 13.2. The lowest BCUT2D eigenvalue weighted by molar-refractivity contribution is -0.136. The van der Waals surface area contributed by atoms with Crippen LogP contribution in [0.1, 0.15) is 19.8 Å². The van der Waals surface area contributed by atoms with Crippen LogP contribution in [0.4, 0.5) is 13.2 Å². The highest BCUT2D eigenvalue weighted by Crippen LogP contribution is 2.36. The molecule has 0 saturated carbocycles. The van der Waals surface area contributed by atoms with Crippen molar-refractivity contribution in [2.75, 3.05) is 13.1 Å². The predicted molar refractivity (Wildman–Crippen MR) is 76.8 cm³/mol. The second kappa shape index (κ2) is 6.95. The number of nitrogens with zero attached hydrogens (tertiary/aromatic N) is 1. The van der Waals surface area contributed by atoms with Gasteiger partial charge in [0.05, 0.1) is 8.81 Å². The largest absolute Gasteiger partial charge is 0.402 e. The van der Waals surface area contributed by atoms with E-state index in [1.807, 2.05) is 0 Å². The van der Waals surface area contributed by atoms with Gasteiger partial charge in [-0.1, -0.05) is 24.9 Å². The van der Waals surface area contributed by atoms with Crippen LogP contribution in [0.2, 0.25) is 5.02 Å². The van der Waals surface area contributed by atoms with Gasteiger partial charge in [-0.25, -0.2) is 8.42 Å².